The van der Waals surface area contributed by atoms with Crippen molar-refractivity contribution < 1.29 is 9.52 Å². The number of benzene rings is 1. The lowest BCUT2D eigenvalue weighted by Gasteiger charge is -2.33. The Morgan fingerprint density at radius 3 is 2.68 bits per heavy atom. The highest BCUT2D eigenvalue weighted by atomic mass is 16.3. The average molecular weight is 256 g/mol. The van der Waals surface area contributed by atoms with Crippen molar-refractivity contribution in [3.05, 3.63) is 60.1 Å². The van der Waals surface area contributed by atoms with Gasteiger partial charge in [0.1, 0.15) is 0 Å². The minimum atomic E-state index is -0.171. The van der Waals surface area contributed by atoms with E-state index in [0.717, 1.165) is 25.7 Å². The van der Waals surface area contributed by atoms with Gasteiger partial charge in [0.05, 0.1) is 18.6 Å². The molecule has 1 aliphatic carbocycles. The summed E-state index contributed by atoms with van der Waals surface area (Å²) in [6, 6.07) is 12.7. The van der Waals surface area contributed by atoms with Gasteiger partial charge >= 0.3 is 0 Å². The fourth-order valence-electron chi connectivity index (χ4n) is 3.21. The highest BCUT2D eigenvalue weighted by molar-refractivity contribution is 5.20. The molecule has 0 amide bonds. The van der Waals surface area contributed by atoms with E-state index in [-0.39, 0.29) is 6.10 Å². The molecule has 0 aliphatic heterocycles. The molecule has 3 unspecified atom stereocenters. The third-order valence-electron chi connectivity index (χ3n) is 4.29. The molecule has 1 heterocycles. The summed E-state index contributed by atoms with van der Waals surface area (Å²) in [6.45, 7) is 0. The maximum Gasteiger partial charge on any atom is 0.0934 e. The predicted molar refractivity (Wildman–Crippen MR) is 74.9 cm³/mol. The Morgan fingerprint density at radius 1 is 1.11 bits per heavy atom. The Morgan fingerprint density at radius 2 is 1.95 bits per heavy atom. The fourth-order valence-corrected chi connectivity index (χ4v) is 3.21. The van der Waals surface area contributed by atoms with Crippen molar-refractivity contribution in [1.82, 2.24) is 0 Å². The highest BCUT2D eigenvalue weighted by Gasteiger charge is 2.30. The maximum absolute atomic E-state index is 10.2. The van der Waals surface area contributed by atoms with Crippen molar-refractivity contribution in [3.63, 3.8) is 0 Å². The lowest BCUT2D eigenvalue weighted by atomic mass is 9.74. The summed E-state index contributed by atoms with van der Waals surface area (Å²) >= 11 is 0. The zero-order valence-electron chi connectivity index (χ0n) is 11.0. The van der Waals surface area contributed by atoms with Gasteiger partial charge in [0, 0.05) is 0 Å². The summed E-state index contributed by atoms with van der Waals surface area (Å²) in [5, 5.41) is 10.2. The maximum atomic E-state index is 10.2. The normalized spacial score (nSPS) is 27.3. The van der Waals surface area contributed by atoms with Crippen molar-refractivity contribution in [2.75, 3.05) is 0 Å². The molecule has 1 saturated carbocycles. The molecule has 1 N–H and O–H groups in total. The first-order chi connectivity index (χ1) is 9.33. The van der Waals surface area contributed by atoms with E-state index in [0.29, 0.717) is 11.8 Å². The van der Waals surface area contributed by atoms with Gasteiger partial charge in [-0.3, -0.25) is 0 Å². The van der Waals surface area contributed by atoms with Gasteiger partial charge in [-0.1, -0.05) is 30.3 Å². The molecular formula is C17H20O2. The largest absolute Gasteiger partial charge is 0.472 e. The van der Waals surface area contributed by atoms with E-state index in [1.165, 1.54) is 11.1 Å². The topological polar surface area (TPSA) is 33.4 Å². The zero-order valence-corrected chi connectivity index (χ0v) is 11.0. The number of hydrogen-bond acceptors (Lipinski definition) is 2. The SMILES string of the molecule is OC1CCC(c2ccccc2)CC1Cc1ccoc1. The minimum absolute atomic E-state index is 0.171. The zero-order chi connectivity index (χ0) is 13.1. The van der Waals surface area contributed by atoms with E-state index in [1.54, 1.807) is 12.5 Å². The molecule has 0 saturated heterocycles. The molecule has 0 radical (unpaired) electrons. The summed E-state index contributed by atoms with van der Waals surface area (Å²) in [6.07, 6.45) is 7.31. The van der Waals surface area contributed by atoms with Crippen LogP contribution in [0.5, 0.6) is 0 Å². The number of aliphatic hydroxyl groups is 1. The van der Waals surface area contributed by atoms with E-state index in [9.17, 15) is 5.11 Å². The van der Waals surface area contributed by atoms with Gasteiger partial charge in [-0.25, -0.2) is 0 Å². The molecule has 2 nitrogen and oxygen atoms in total. The third-order valence-corrected chi connectivity index (χ3v) is 4.29. The first kappa shape index (κ1) is 12.5. The molecule has 1 aromatic carbocycles. The first-order valence-electron chi connectivity index (χ1n) is 7.07. The Bertz CT molecular complexity index is 489. The standard InChI is InChI=1S/C17H20O2/c18-17-7-6-15(14-4-2-1-3-5-14)11-16(17)10-13-8-9-19-12-13/h1-5,8-9,12,15-18H,6-7,10-11H2. The molecule has 2 aromatic rings. The molecule has 1 aromatic heterocycles. The lowest BCUT2D eigenvalue weighted by molar-refractivity contribution is 0.0619. The number of aliphatic hydroxyl groups excluding tert-OH is 1. The van der Waals surface area contributed by atoms with Gasteiger partial charge in [-0.05, 0) is 54.7 Å². The van der Waals surface area contributed by atoms with Crippen LogP contribution in [-0.2, 0) is 6.42 Å². The number of furan rings is 1. The summed E-state index contributed by atoms with van der Waals surface area (Å²) in [5.74, 6) is 0.929. The summed E-state index contributed by atoms with van der Waals surface area (Å²) in [4.78, 5) is 0. The molecule has 100 valence electrons. The van der Waals surface area contributed by atoms with Gasteiger partial charge < -0.3 is 9.52 Å². The van der Waals surface area contributed by atoms with Gasteiger partial charge in [0.15, 0.2) is 0 Å². The van der Waals surface area contributed by atoms with E-state index in [2.05, 4.69) is 30.3 Å². The fraction of sp³-hybridized carbons (Fsp3) is 0.412. The van der Waals surface area contributed by atoms with Crippen LogP contribution in [0.25, 0.3) is 0 Å². The first-order valence-corrected chi connectivity index (χ1v) is 7.07. The molecular weight excluding hydrogens is 236 g/mol. The van der Waals surface area contributed by atoms with Crippen LogP contribution in [-0.4, -0.2) is 11.2 Å². The van der Waals surface area contributed by atoms with Crippen molar-refractivity contribution in [1.29, 1.82) is 0 Å². The Balaban J connectivity index is 1.70. The second kappa shape index (κ2) is 5.62. The predicted octanol–water partition coefficient (Wildman–Crippen LogP) is 3.77. The van der Waals surface area contributed by atoms with Crippen LogP contribution in [0.2, 0.25) is 0 Å². The van der Waals surface area contributed by atoms with Crippen LogP contribution in [0.3, 0.4) is 0 Å². The quantitative estimate of drug-likeness (QED) is 0.907. The van der Waals surface area contributed by atoms with E-state index in [1.807, 2.05) is 6.07 Å². The summed E-state index contributed by atoms with van der Waals surface area (Å²) < 4.78 is 5.12. The Hall–Kier alpha value is -1.54. The Kier molecular flexibility index (Phi) is 3.69. The van der Waals surface area contributed by atoms with Crippen LogP contribution in [0.4, 0.5) is 0 Å². The second-order valence-corrected chi connectivity index (χ2v) is 5.58. The van der Waals surface area contributed by atoms with Gasteiger partial charge in [-0.2, -0.15) is 0 Å². The molecule has 0 bridgehead atoms. The molecule has 2 heteroatoms. The van der Waals surface area contributed by atoms with Crippen molar-refractivity contribution >= 4 is 0 Å². The summed E-state index contributed by atoms with van der Waals surface area (Å²) in [5.41, 5.74) is 2.60. The van der Waals surface area contributed by atoms with Gasteiger partial charge in [0.25, 0.3) is 0 Å². The van der Waals surface area contributed by atoms with Crippen LogP contribution >= 0.6 is 0 Å². The van der Waals surface area contributed by atoms with Gasteiger partial charge in [-0.15, -0.1) is 0 Å². The third kappa shape index (κ3) is 2.90. The second-order valence-electron chi connectivity index (χ2n) is 5.58. The average Bonchev–Trinajstić information content (AvgIpc) is 2.95. The van der Waals surface area contributed by atoms with Crippen molar-refractivity contribution in [2.45, 2.75) is 37.7 Å². The number of rotatable bonds is 3. The summed E-state index contributed by atoms with van der Waals surface area (Å²) in [7, 11) is 0. The van der Waals surface area contributed by atoms with Crippen LogP contribution < -0.4 is 0 Å². The van der Waals surface area contributed by atoms with E-state index >= 15 is 0 Å². The minimum Gasteiger partial charge on any atom is -0.472 e. The van der Waals surface area contributed by atoms with Crippen LogP contribution in [0, 0.1) is 5.92 Å². The smallest absolute Gasteiger partial charge is 0.0934 e. The lowest BCUT2D eigenvalue weighted by Crippen LogP contribution is -2.29. The molecule has 1 aliphatic rings. The molecule has 19 heavy (non-hydrogen) atoms. The molecule has 3 rings (SSSR count). The van der Waals surface area contributed by atoms with Crippen LogP contribution in [0.15, 0.2) is 53.3 Å². The van der Waals surface area contributed by atoms with Crippen molar-refractivity contribution in [2.24, 2.45) is 5.92 Å². The monoisotopic (exact) mass is 256 g/mol. The molecule has 1 fully saturated rings. The highest BCUT2D eigenvalue weighted by Crippen LogP contribution is 2.37. The van der Waals surface area contributed by atoms with Crippen LogP contribution in [0.1, 0.15) is 36.3 Å². The Labute approximate surface area is 114 Å². The van der Waals surface area contributed by atoms with E-state index in [4.69, 9.17) is 4.42 Å². The number of hydrogen-bond donors (Lipinski definition) is 1. The van der Waals surface area contributed by atoms with Crippen molar-refractivity contribution in [3.8, 4) is 0 Å². The molecule has 3 atom stereocenters. The van der Waals surface area contributed by atoms with Gasteiger partial charge in [0.2, 0.25) is 0 Å². The van der Waals surface area contributed by atoms with E-state index < -0.39 is 0 Å². The molecule has 0 spiro atoms.